The molecule has 3 rings (SSSR count). The largest absolute Gasteiger partial charge is 0.334 e. The van der Waals surface area contributed by atoms with Gasteiger partial charge >= 0.3 is 0 Å². The molecule has 1 amide bonds. The summed E-state index contributed by atoms with van der Waals surface area (Å²) in [7, 11) is 0. The van der Waals surface area contributed by atoms with Gasteiger partial charge in [0.2, 0.25) is 5.91 Å². The minimum atomic E-state index is 0.120. The van der Waals surface area contributed by atoms with Gasteiger partial charge in [0.1, 0.15) is 0 Å². The number of carbonyl (C=O) groups is 1. The van der Waals surface area contributed by atoms with E-state index in [2.05, 4.69) is 69.3 Å². The lowest BCUT2D eigenvalue weighted by atomic mass is 9.86. The fourth-order valence-corrected chi connectivity index (χ4v) is 3.25. The summed E-state index contributed by atoms with van der Waals surface area (Å²) in [4.78, 5) is 15.1. The predicted octanol–water partition coefficient (Wildman–Crippen LogP) is 5.76. The molecule has 0 aliphatic rings. The van der Waals surface area contributed by atoms with Crippen molar-refractivity contribution in [1.82, 2.24) is 4.90 Å². The minimum Gasteiger partial charge on any atom is -0.334 e. The van der Waals surface area contributed by atoms with Gasteiger partial charge in [-0.05, 0) is 27.7 Å². The number of amides is 1. The van der Waals surface area contributed by atoms with Crippen LogP contribution in [0.1, 0.15) is 43.0 Å². The lowest BCUT2D eigenvalue weighted by molar-refractivity contribution is -0.131. The van der Waals surface area contributed by atoms with Gasteiger partial charge in [-0.1, -0.05) is 106 Å². The highest BCUT2D eigenvalue weighted by Crippen LogP contribution is 2.22. The molecule has 0 saturated carbocycles. The molecule has 28 heavy (non-hydrogen) atoms. The first-order valence-electron chi connectivity index (χ1n) is 9.87. The SMILES string of the molecule is CC(C)(C)c1ccc(CC(=O)N(Cc2ccccc2)Cc2ccccc2)cc1. The number of nitrogens with zero attached hydrogens (tertiary/aromatic N) is 1. The van der Waals surface area contributed by atoms with E-state index in [4.69, 9.17) is 0 Å². The highest BCUT2D eigenvalue weighted by atomic mass is 16.2. The molecule has 0 aliphatic heterocycles. The smallest absolute Gasteiger partial charge is 0.227 e. The summed E-state index contributed by atoms with van der Waals surface area (Å²) in [5.74, 6) is 0.149. The molecule has 3 aromatic rings. The number of hydrogen-bond acceptors (Lipinski definition) is 1. The predicted molar refractivity (Wildman–Crippen MR) is 116 cm³/mol. The normalized spacial score (nSPS) is 11.2. The van der Waals surface area contributed by atoms with Gasteiger partial charge in [0.25, 0.3) is 0 Å². The average Bonchev–Trinajstić information content (AvgIpc) is 2.69. The summed E-state index contributed by atoms with van der Waals surface area (Å²) < 4.78 is 0. The van der Waals surface area contributed by atoms with Crippen LogP contribution in [0.25, 0.3) is 0 Å². The van der Waals surface area contributed by atoms with Gasteiger partial charge in [0.05, 0.1) is 6.42 Å². The molecule has 0 aromatic heterocycles. The zero-order valence-electron chi connectivity index (χ0n) is 17.1. The maximum atomic E-state index is 13.1. The van der Waals surface area contributed by atoms with Gasteiger partial charge in [-0.3, -0.25) is 4.79 Å². The number of benzene rings is 3. The summed E-state index contributed by atoms with van der Waals surface area (Å²) in [6.45, 7) is 7.85. The Morgan fingerprint density at radius 2 is 1.14 bits per heavy atom. The summed E-state index contributed by atoms with van der Waals surface area (Å²) in [5, 5.41) is 0. The van der Waals surface area contributed by atoms with Crippen molar-refractivity contribution in [2.24, 2.45) is 0 Å². The monoisotopic (exact) mass is 371 g/mol. The van der Waals surface area contributed by atoms with Gasteiger partial charge in [-0.15, -0.1) is 0 Å². The molecule has 0 unspecified atom stereocenters. The van der Waals surface area contributed by atoms with Gasteiger partial charge in [-0.25, -0.2) is 0 Å². The Morgan fingerprint density at radius 3 is 1.57 bits per heavy atom. The third-order valence-corrected chi connectivity index (χ3v) is 4.96. The molecular weight excluding hydrogens is 342 g/mol. The van der Waals surface area contributed by atoms with E-state index in [1.54, 1.807) is 0 Å². The van der Waals surface area contributed by atoms with E-state index in [0.29, 0.717) is 19.5 Å². The third-order valence-electron chi connectivity index (χ3n) is 4.96. The summed E-state index contributed by atoms with van der Waals surface area (Å²) >= 11 is 0. The molecule has 2 heteroatoms. The first-order valence-corrected chi connectivity index (χ1v) is 9.87. The fraction of sp³-hybridized carbons (Fsp3) is 0.269. The molecule has 0 spiro atoms. The van der Waals surface area contributed by atoms with E-state index in [1.165, 1.54) is 5.56 Å². The minimum absolute atomic E-state index is 0.120. The molecule has 0 heterocycles. The molecule has 0 fully saturated rings. The Balaban J connectivity index is 1.75. The second-order valence-corrected chi connectivity index (χ2v) is 8.34. The van der Waals surface area contributed by atoms with Gasteiger partial charge < -0.3 is 4.90 Å². The molecule has 0 bridgehead atoms. The van der Waals surface area contributed by atoms with Crippen molar-refractivity contribution in [2.75, 3.05) is 0 Å². The van der Waals surface area contributed by atoms with Gasteiger partial charge in [0, 0.05) is 13.1 Å². The number of rotatable bonds is 6. The molecule has 0 radical (unpaired) electrons. The van der Waals surface area contributed by atoms with Crippen LogP contribution in [0.4, 0.5) is 0 Å². The second kappa shape index (κ2) is 8.88. The highest BCUT2D eigenvalue weighted by molar-refractivity contribution is 5.78. The lowest BCUT2D eigenvalue weighted by Gasteiger charge is -2.24. The van der Waals surface area contributed by atoms with Crippen molar-refractivity contribution in [3.05, 3.63) is 107 Å². The molecule has 0 atom stereocenters. The molecule has 3 aromatic carbocycles. The van der Waals surface area contributed by atoms with Gasteiger partial charge in [-0.2, -0.15) is 0 Å². The number of carbonyl (C=O) groups excluding carboxylic acids is 1. The molecular formula is C26H29NO. The molecule has 0 N–H and O–H groups in total. The first kappa shape index (κ1) is 19.9. The Bertz CT molecular complexity index is 836. The van der Waals surface area contributed by atoms with Crippen LogP contribution in [0, 0.1) is 0 Å². The van der Waals surface area contributed by atoms with Crippen molar-refractivity contribution >= 4 is 5.91 Å². The van der Waals surface area contributed by atoms with Crippen molar-refractivity contribution in [1.29, 1.82) is 0 Å². The Morgan fingerprint density at radius 1 is 0.679 bits per heavy atom. The maximum Gasteiger partial charge on any atom is 0.227 e. The second-order valence-electron chi connectivity index (χ2n) is 8.34. The standard InChI is InChI=1S/C26H29NO/c1-26(2,3)24-16-14-21(15-17-24)18-25(28)27(19-22-10-6-4-7-11-22)20-23-12-8-5-9-13-23/h4-17H,18-20H2,1-3H3. The van der Waals surface area contributed by atoms with Crippen LogP contribution in [0.2, 0.25) is 0 Å². The van der Waals surface area contributed by atoms with E-state index in [0.717, 1.165) is 16.7 Å². The Hall–Kier alpha value is -2.87. The van der Waals surface area contributed by atoms with Crippen LogP contribution >= 0.6 is 0 Å². The van der Waals surface area contributed by atoms with Crippen LogP contribution in [0.3, 0.4) is 0 Å². The Kier molecular flexibility index (Phi) is 6.30. The van der Waals surface area contributed by atoms with Crippen molar-refractivity contribution in [3.8, 4) is 0 Å². The van der Waals surface area contributed by atoms with E-state index >= 15 is 0 Å². The first-order chi connectivity index (χ1) is 13.4. The molecule has 144 valence electrons. The zero-order valence-corrected chi connectivity index (χ0v) is 17.1. The van der Waals surface area contributed by atoms with Crippen molar-refractivity contribution in [3.63, 3.8) is 0 Å². The third kappa shape index (κ3) is 5.56. The van der Waals surface area contributed by atoms with E-state index < -0.39 is 0 Å². The fourth-order valence-electron chi connectivity index (χ4n) is 3.25. The van der Waals surface area contributed by atoms with Crippen LogP contribution in [-0.4, -0.2) is 10.8 Å². The summed E-state index contributed by atoms with van der Waals surface area (Å²) in [6, 6.07) is 28.8. The zero-order chi connectivity index (χ0) is 20.0. The maximum absolute atomic E-state index is 13.1. The van der Waals surface area contributed by atoms with E-state index in [9.17, 15) is 4.79 Å². The molecule has 2 nitrogen and oxygen atoms in total. The number of hydrogen-bond donors (Lipinski definition) is 0. The van der Waals surface area contributed by atoms with Crippen LogP contribution in [0.5, 0.6) is 0 Å². The molecule has 0 aliphatic carbocycles. The van der Waals surface area contributed by atoms with E-state index in [1.807, 2.05) is 41.3 Å². The van der Waals surface area contributed by atoms with Crippen molar-refractivity contribution < 1.29 is 4.79 Å². The topological polar surface area (TPSA) is 20.3 Å². The van der Waals surface area contributed by atoms with Crippen molar-refractivity contribution in [2.45, 2.75) is 45.7 Å². The quantitative estimate of drug-likeness (QED) is 0.540. The summed E-state index contributed by atoms with van der Waals surface area (Å²) in [6.07, 6.45) is 0.421. The van der Waals surface area contributed by atoms with Crippen LogP contribution < -0.4 is 0 Å². The van der Waals surface area contributed by atoms with Crippen LogP contribution in [0.15, 0.2) is 84.9 Å². The van der Waals surface area contributed by atoms with Gasteiger partial charge in [0.15, 0.2) is 0 Å². The lowest BCUT2D eigenvalue weighted by Crippen LogP contribution is -2.31. The summed E-state index contributed by atoms with van der Waals surface area (Å²) in [5.41, 5.74) is 4.76. The Labute approximate surface area is 168 Å². The van der Waals surface area contributed by atoms with Crippen LogP contribution in [-0.2, 0) is 29.7 Å². The average molecular weight is 372 g/mol. The van der Waals surface area contributed by atoms with E-state index in [-0.39, 0.29) is 11.3 Å². The molecule has 0 saturated heterocycles. The highest BCUT2D eigenvalue weighted by Gasteiger charge is 2.17.